The lowest BCUT2D eigenvalue weighted by atomic mass is 9.99. The number of hydrogen-bond acceptors (Lipinski definition) is 5. The Bertz CT molecular complexity index is 645. The van der Waals surface area contributed by atoms with E-state index in [0.29, 0.717) is 24.5 Å². The highest BCUT2D eigenvalue weighted by Gasteiger charge is 2.43. The van der Waals surface area contributed by atoms with Crippen LogP contribution in [0.4, 0.5) is 0 Å². The molecule has 21 heavy (non-hydrogen) atoms. The quantitative estimate of drug-likeness (QED) is 0.764. The van der Waals surface area contributed by atoms with Crippen molar-refractivity contribution in [3.63, 3.8) is 0 Å². The standard InChI is InChI=1S/C14H17N3O3S/c18-10-5-8-1-2-9(6-10)17(8)13(20)11-7-15-14-16(12(11)19)3-4-21-14/h7-10,18H,1-6H2. The Labute approximate surface area is 126 Å². The van der Waals surface area contributed by atoms with Gasteiger partial charge in [-0.2, -0.15) is 0 Å². The maximum atomic E-state index is 12.8. The van der Waals surface area contributed by atoms with Gasteiger partial charge in [-0.1, -0.05) is 11.8 Å². The molecule has 0 saturated carbocycles. The molecule has 7 heteroatoms. The summed E-state index contributed by atoms with van der Waals surface area (Å²) in [6.45, 7) is 0.624. The fraction of sp³-hybridized carbons (Fsp3) is 0.643. The van der Waals surface area contributed by atoms with Gasteiger partial charge in [-0.15, -0.1) is 0 Å². The van der Waals surface area contributed by atoms with E-state index >= 15 is 0 Å². The Morgan fingerprint density at radius 1 is 1.33 bits per heavy atom. The van der Waals surface area contributed by atoms with Gasteiger partial charge < -0.3 is 10.0 Å². The summed E-state index contributed by atoms with van der Waals surface area (Å²) in [7, 11) is 0. The van der Waals surface area contributed by atoms with Crippen molar-refractivity contribution in [2.24, 2.45) is 0 Å². The van der Waals surface area contributed by atoms with Crippen LogP contribution in [0.3, 0.4) is 0 Å². The number of rotatable bonds is 1. The number of thioether (sulfide) groups is 1. The molecule has 4 rings (SSSR count). The first-order chi connectivity index (χ1) is 10.1. The highest BCUT2D eigenvalue weighted by Crippen LogP contribution is 2.36. The Morgan fingerprint density at radius 2 is 2.05 bits per heavy atom. The second-order valence-electron chi connectivity index (χ2n) is 5.98. The van der Waals surface area contributed by atoms with E-state index in [1.54, 1.807) is 16.3 Å². The number of aromatic nitrogens is 2. The first-order valence-electron chi connectivity index (χ1n) is 7.38. The van der Waals surface area contributed by atoms with Gasteiger partial charge in [-0.3, -0.25) is 14.2 Å². The normalized spacial score (nSPS) is 30.5. The van der Waals surface area contributed by atoms with E-state index in [2.05, 4.69) is 4.98 Å². The number of piperidine rings is 1. The van der Waals surface area contributed by atoms with Gasteiger partial charge in [-0.25, -0.2) is 4.98 Å². The molecule has 0 radical (unpaired) electrons. The summed E-state index contributed by atoms with van der Waals surface area (Å²) >= 11 is 1.55. The van der Waals surface area contributed by atoms with Gasteiger partial charge in [0.25, 0.3) is 11.5 Å². The van der Waals surface area contributed by atoms with E-state index in [0.717, 1.165) is 18.6 Å². The molecular weight excluding hydrogens is 290 g/mol. The molecule has 0 aliphatic carbocycles. The number of carbonyl (C=O) groups is 1. The Kier molecular flexibility index (Phi) is 3.08. The van der Waals surface area contributed by atoms with Crippen LogP contribution in [0.2, 0.25) is 0 Å². The summed E-state index contributed by atoms with van der Waals surface area (Å²) in [4.78, 5) is 31.3. The van der Waals surface area contributed by atoms with Crippen LogP contribution in [-0.4, -0.2) is 49.4 Å². The zero-order valence-electron chi connectivity index (χ0n) is 11.6. The molecule has 1 amide bonds. The van der Waals surface area contributed by atoms with Crippen LogP contribution >= 0.6 is 11.8 Å². The molecule has 6 nitrogen and oxygen atoms in total. The number of aliphatic hydroxyl groups is 1. The molecule has 3 aliphatic heterocycles. The van der Waals surface area contributed by atoms with Crippen LogP contribution in [0.15, 0.2) is 16.1 Å². The topological polar surface area (TPSA) is 75.4 Å². The van der Waals surface area contributed by atoms with E-state index in [9.17, 15) is 14.7 Å². The maximum absolute atomic E-state index is 12.8. The second-order valence-corrected chi connectivity index (χ2v) is 7.04. The highest BCUT2D eigenvalue weighted by molar-refractivity contribution is 7.99. The van der Waals surface area contributed by atoms with E-state index in [4.69, 9.17) is 0 Å². The molecule has 0 spiro atoms. The van der Waals surface area contributed by atoms with Crippen LogP contribution in [-0.2, 0) is 6.54 Å². The Balaban J connectivity index is 1.69. The van der Waals surface area contributed by atoms with Crippen LogP contribution in [0, 0.1) is 0 Å². The monoisotopic (exact) mass is 307 g/mol. The number of hydrogen-bond donors (Lipinski definition) is 1. The van der Waals surface area contributed by atoms with Gasteiger partial charge in [0.05, 0.1) is 6.10 Å². The number of amides is 1. The fourth-order valence-electron chi connectivity index (χ4n) is 3.78. The summed E-state index contributed by atoms with van der Waals surface area (Å²) in [6.07, 6.45) is 4.20. The minimum Gasteiger partial charge on any atom is -0.393 e. The summed E-state index contributed by atoms with van der Waals surface area (Å²) in [6, 6.07) is 0.136. The molecule has 1 N–H and O–H groups in total. The van der Waals surface area contributed by atoms with E-state index in [-0.39, 0.29) is 35.2 Å². The zero-order valence-corrected chi connectivity index (χ0v) is 12.4. The molecule has 1 aromatic rings. The van der Waals surface area contributed by atoms with Crippen molar-refractivity contribution in [2.75, 3.05) is 5.75 Å². The van der Waals surface area contributed by atoms with Crippen molar-refractivity contribution >= 4 is 17.7 Å². The van der Waals surface area contributed by atoms with Crippen molar-refractivity contribution in [3.05, 3.63) is 22.1 Å². The third-order valence-corrected chi connectivity index (χ3v) is 5.70. The van der Waals surface area contributed by atoms with E-state index in [1.165, 1.54) is 6.20 Å². The van der Waals surface area contributed by atoms with Crippen molar-refractivity contribution in [2.45, 2.75) is 55.6 Å². The van der Waals surface area contributed by atoms with Crippen LogP contribution < -0.4 is 5.56 Å². The van der Waals surface area contributed by atoms with Gasteiger partial charge in [0.15, 0.2) is 5.16 Å². The van der Waals surface area contributed by atoms with Crippen LogP contribution in [0.25, 0.3) is 0 Å². The molecule has 0 aromatic carbocycles. The average molecular weight is 307 g/mol. The summed E-state index contributed by atoms with van der Waals surface area (Å²) in [5, 5.41) is 10.5. The van der Waals surface area contributed by atoms with Gasteiger partial charge in [0.1, 0.15) is 5.56 Å². The smallest absolute Gasteiger partial charge is 0.267 e. The van der Waals surface area contributed by atoms with Gasteiger partial charge >= 0.3 is 0 Å². The number of aliphatic hydroxyl groups excluding tert-OH is 1. The fourth-order valence-corrected chi connectivity index (χ4v) is 4.70. The number of fused-ring (bicyclic) bond motifs is 3. The molecule has 2 unspecified atom stereocenters. The van der Waals surface area contributed by atoms with Crippen molar-refractivity contribution in [3.8, 4) is 0 Å². The zero-order chi connectivity index (χ0) is 14.6. The van der Waals surface area contributed by atoms with Crippen LogP contribution in [0.5, 0.6) is 0 Å². The molecule has 3 aliphatic rings. The predicted molar refractivity (Wildman–Crippen MR) is 77.4 cm³/mol. The van der Waals surface area contributed by atoms with Gasteiger partial charge in [-0.05, 0) is 25.7 Å². The first kappa shape index (κ1) is 13.3. The molecule has 1 aromatic heterocycles. The molecule has 2 bridgehead atoms. The minimum absolute atomic E-state index is 0.0679. The molecule has 112 valence electrons. The number of nitrogens with zero attached hydrogens (tertiary/aromatic N) is 3. The lowest BCUT2D eigenvalue weighted by molar-refractivity contribution is 0.0284. The summed E-state index contributed by atoms with van der Waals surface area (Å²) < 4.78 is 1.60. The van der Waals surface area contributed by atoms with Crippen molar-refractivity contribution in [1.29, 1.82) is 0 Å². The molecular formula is C14H17N3O3S. The van der Waals surface area contributed by atoms with Crippen molar-refractivity contribution < 1.29 is 9.90 Å². The summed E-state index contributed by atoms with van der Waals surface area (Å²) in [5.74, 6) is 0.625. The van der Waals surface area contributed by atoms with E-state index < -0.39 is 0 Å². The molecule has 4 heterocycles. The minimum atomic E-state index is -0.317. The molecule has 2 saturated heterocycles. The van der Waals surface area contributed by atoms with E-state index in [1.807, 2.05) is 4.90 Å². The van der Waals surface area contributed by atoms with Crippen molar-refractivity contribution in [1.82, 2.24) is 14.5 Å². The average Bonchev–Trinajstić information content (AvgIpc) is 3.03. The predicted octanol–water partition coefficient (Wildman–Crippen LogP) is 0.477. The maximum Gasteiger partial charge on any atom is 0.267 e. The highest BCUT2D eigenvalue weighted by atomic mass is 32.2. The Hall–Kier alpha value is -1.34. The SMILES string of the molecule is O=C(c1cnc2n(c1=O)CCS2)N1C2CCC1CC(O)C2. The third kappa shape index (κ3) is 2.02. The molecule has 2 atom stereocenters. The second kappa shape index (κ2) is 4.84. The first-order valence-corrected chi connectivity index (χ1v) is 8.37. The van der Waals surface area contributed by atoms with Crippen LogP contribution in [0.1, 0.15) is 36.0 Å². The van der Waals surface area contributed by atoms with Gasteiger partial charge in [0, 0.05) is 30.6 Å². The lowest BCUT2D eigenvalue weighted by Crippen LogP contribution is -2.49. The number of carbonyl (C=O) groups excluding carboxylic acids is 1. The molecule has 2 fully saturated rings. The largest absolute Gasteiger partial charge is 0.393 e. The third-order valence-electron chi connectivity index (χ3n) is 4.73. The van der Waals surface area contributed by atoms with Gasteiger partial charge in [0.2, 0.25) is 0 Å². The summed E-state index contributed by atoms with van der Waals surface area (Å²) in [5.41, 5.74) is -0.0462. The lowest BCUT2D eigenvalue weighted by Gasteiger charge is -2.37. The Morgan fingerprint density at radius 3 is 2.76 bits per heavy atom.